The van der Waals surface area contributed by atoms with Crippen LogP contribution in [0.5, 0.6) is 0 Å². The lowest BCUT2D eigenvalue weighted by Crippen LogP contribution is -2.46. The zero-order valence-corrected chi connectivity index (χ0v) is 16.2. The van der Waals surface area contributed by atoms with E-state index in [1.54, 1.807) is 24.9 Å². The number of hydrogen-bond acceptors (Lipinski definition) is 4. The summed E-state index contributed by atoms with van der Waals surface area (Å²) in [5.41, 5.74) is 2.66. The molecule has 0 unspecified atom stereocenters. The molecule has 0 aromatic heterocycles. The van der Waals surface area contributed by atoms with Crippen molar-refractivity contribution in [1.29, 1.82) is 0 Å². The summed E-state index contributed by atoms with van der Waals surface area (Å²) in [6.45, 7) is 6.27. The molecule has 0 fully saturated rings. The van der Waals surface area contributed by atoms with E-state index >= 15 is 0 Å². The van der Waals surface area contributed by atoms with Gasteiger partial charge in [-0.15, -0.1) is 0 Å². The Morgan fingerprint density at radius 2 is 2.08 bits per heavy atom. The highest BCUT2D eigenvalue weighted by atomic mass is 32.1. The molecule has 0 bridgehead atoms. The fourth-order valence-electron chi connectivity index (χ4n) is 2.69. The van der Waals surface area contributed by atoms with Crippen LogP contribution in [0.2, 0.25) is 0 Å². The van der Waals surface area contributed by atoms with Gasteiger partial charge < -0.3 is 25.6 Å². The number of esters is 1. The molecule has 1 aliphatic heterocycles. The monoisotopic (exact) mass is 376 g/mol. The summed E-state index contributed by atoms with van der Waals surface area (Å²) in [5, 5.41) is 9.14. The van der Waals surface area contributed by atoms with E-state index in [1.807, 2.05) is 32.0 Å². The van der Waals surface area contributed by atoms with Crippen molar-refractivity contribution in [2.45, 2.75) is 26.8 Å². The molecular weight excluding hydrogens is 352 g/mol. The number of carbonyl (C=O) groups excluding carboxylic acids is 2. The molecule has 2 amide bonds. The van der Waals surface area contributed by atoms with E-state index in [-0.39, 0.29) is 18.6 Å². The molecule has 1 aromatic carbocycles. The summed E-state index contributed by atoms with van der Waals surface area (Å²) >= 11 is 5.37. The van der Waals surface area contributed by atoms with Crippen LogP contribution in [0.3, 0.4) is 0 Å². The molecule has 8 heteroatoms. The number of benzene rings is 1. The average molecular weight is 376 g/mol. The van der Waals surface area contributed by atoms with Crippen molar-refractivity contribution in [3.63, 3.8) is 0 Å². The van der Waals surface area contributed by atoms with Crippen molar-refractivity contribution < 1.29 is 14.3 Å². The third-order valence-corrected chi connectivity index (χ3v) is 4.46. The molecule has 26 heavy (non-hydrogen) atoms. The molecule has 0 aliphatic carbocycles. The van der Waals surface area contributed by atoms with E-state index in [2.05, 4.69) is 16.0 Å². The predicted molar refractivity (Wildman–Crippen MR) is 105 cm³/mol. The molecule has 7 nitrogen and oxygen atoms in total. The number of carbonyl (C=O) groups is 2. The largest absolute Gasteiger partial charge is 0.463 e. The molecular formula is C18H24N4O3S. The molecule has 0 saturated carbocycles. The van der Waals surface area contributed by atoms with Crippen LogP contribution in [0.15, 0.2) is 35.5 Å². The van der Waals surface area contributed by atoms with E-state index in [0.29, 0.717) is 22.9 Å². The third-order valence-electron chi connectivity index (χ3n) is 4.06. The Bertz CT molecular complexity index is 748. The molecule has 1 aliphatic rings. The molecule has 1 aromatic rings. The molecule has 0 saturated heterocycles. The summed E-state index contributed by atoms with van der Waals surface area (Å²) in [7, 11) is 1.80. The second kappa shape index (κ2) is 8.66. The minimum absolute atomic E-state index is 0.283. The highest BCUT2D eigenvalue weighted by Gasteiger charge is 2.33. The van der Waals surface area contributed by atoms with E-state index < -0.39 is 6.04 Å². The van der Waals surface area contributed by atoms with Gasteiger partial charge in [0.2, 0.25) is 0 Å². The Hall–Kier alpha value is -2.61. The number of allylic oxidation sites excluding steroid dienone is 1. The lowest BCUT2D eigenvalue weighted by Gasteiger charge is -2.35. The van der Waals surface area contributed by atoms with Crippen molar-refractivity contribution in [2.24, 2.45) is 0 Å². The van der Waals surface area contributed by atoms with Gasteiger partial charge in [0.1, 0.15) is 0 Å². The Kier molecular flexibility index (Phi) is 6.57. The first-order valence-electron chi connectivity index (χ1n) is 8.45. The minimum Gasteiger partial charge on any atom is -0.463 e. The Labute approximate surface area is 158 Å². The Morgan fingerprint density at radius 1 is 1.35 bits per heavy atom. The van der Waals surface area contributed by atoms with Crippen LogP contribution < -0.4 is 16.0 Å². The smallest absolute Gasteiger partial charge is 0.338 e. The van der Waals surface area contributed by atoms with Crippen LogP contribution in [-0.4, -0.2) is 42.2 Å². The normalized spacial score (nSPS) is 16.8. The standard InChI is InChI=1S/C18H24N4O3S/c1-5-19-17(24)20-13-9-7-8-12(10-13)15-14(16(23)25-6-2)11(3)22(4)18(26)21-15/h7-10,15H,5-6H2,1-4H3,(H,21,26)(H2,19,20,24)/t15-/m1/s1. The first-order valence-corrected chi connectivity index (χ1v) is 8.86. The lowest BCUT2D eigenvalue weighted by molar-refractivity contribution is -0.139. The van der Waals surface area contributed by atoms with Gasteiger partial charge in [-0.1, -0.05) is 12.1 Å². The van der Waals surface area contributed by atoms with Crippen LogP contribution in [-0.2, 0) is 9.53 Å². The maximum absolute atomic E-state index is 12.5. The molecule has 1 heterocycles. The minimum atomic E-state index is -0.450. The van der Waals surface area contributed by atoms with E-state index in [4.69, 9.17) is 17.0 Å². The maximum atomic E-state index is 12.5. The zero-order chi connectivity index (χ0) is 19.3. The number of amides is 2. The predicted octanol–water partition coefficient (Wildman–Crippen LogP) is 2.53. The highest BCUT2D eigenvalue weighted by Crippen LogP contribution is 2.31. The molecule has 140 valence electrons. The van der Waals surface area contributed by atoms with Crippen molar-refractivity contribution in [2.75, 3.05) is 25.5 Å². The van der Waals surface area contributed by atoms with Crippen LogP contribution in [0.25, 0.3) is 0 Å². The summed E-state index contributed by atoms with van der Waals surface area (Å²) in [6, 6.07) is 6.56. The van der Waals surface area contributed by atoms with Gasteiger partial charge in [-0.3, -0.25) is 0 Å². The zero-order valence-electron chi connectivity index (χ0n) is 15.4. The van der Waals surface area contributed by atoms with Crippen molar-refractivity contribution in [3.8, 4) is 0 Å². The Morgan fingerprint density at radius 3 is 2.73 bits per heavy atom. The van der Waals surface area contributed by atoms with Gasteiger partial charge >= 0.3 is 12.0 Å². The highest BCUT2D eigenvalue weighted by molar-refractivity contribution is 7.80. The number of ether oxygens (including phenoxy) is 1. The number of nitrogens with one attached hydrogen (secondary N) is 3. The van der Waals surface area contributed by atoms with Crippen molar-refractivity contribution in [3.05, 3.63) is 41.1 Å². The summed E-state index contributed by atoms with van der Waals surface area (Å²) in [4.78, 5) is 26.0. The number of hydrogen-bond donors (Lipinski definition) is 3. The first kappa shape index (κ1) is 19.7. The fourth-order valence-corrected chi connectivity index (χ4v) is 2.95. The summed E-state index contributed by atoms with van der Waals surface area (Å²) in [5.74, 6) is -0.390. The topological polar surface area (TPSA) is 82.7 Å². The maximum Gasteiger partial charge on any atom is 0.338 e. The summed E-state index contributed by atoms with van der Waals surface area (Å²) in [6.07, 6.45) is 0. The molecule has 0 radical (unpaired) electrons. The molecule has 0 spiro atoms. The second-order valence-corrected chi connectivity index (χ2v) is 6.16. The van der Waals surface area contributed by atoms with E-state index in [9.17, 15) is 9.59 Å². The van der Waals surface area contributed by atoms with Crippen LogP contribution in [0.4, 0.5) is 10.5 Å². The van der Waals surface area contributed by atoms with Gasteiger partial charge in [0.05, 0.1) is 18.2 Å². The number of urea groups is 1. The van der Waals surface area contributed by atoms with Gasteiger partial charge in [-0.25, -0.2) is 9.59 Å². The van der Waals surface area contributed by atoms with Crippen LogP contribution in [0, 0.1) is 0 Å². The van der Waals surface area contributed by atoms with E-state index in [0.717, 1.165) is 11.3 Å². The lowest BCUT2D eigenvalue weighted by atomic mass is 9.95. The number of rotatable bonds is 5. The number of thiocarbonyl (C=S) groups is 1. The molecule has 3 N–H and O–H groups in total. The SMILES string of the molecule is CCNC(=O)Nc1cccc([C@H]2NC(=S)N(C)C(C)=C2C(=O)OCC)c1. The van der Waals surface area contributed by atoms with Crippen molar-refractivity contribution >= 4 is 35.0 Å². The van der Waals surface area contributed by atoms with Gasteiger partial charge in [0.15, 0.2) is 5.11 Å². The van der Waals surface area contributed by atoms with Gasteiger partial charge in [0, 0.05) is 25.0 Å². The van der Waals surface area contributed by atoms with Gasteiger partial charge in [-0.05, 0) is 50.7 Å². The quantitative estimate of drug-likeness (QED) is 0.541. The summed E-state index contributed by atoms with van der Waals surface area (Å²) < 4.78 is 5.23. The number of anilines is 1. The third kappa shape index (κ3) is 4.32. The second-order valence-electron chi connectivity index (χ2n) is 5.77. The van der Waals surface area contributed by atoms with Gasteiger partial charge in [-0.2, -0.15) is 0 Å². The average Bonchev–Trinajstić information content (AvgIpc) is 2.60. The van der Waals surface area contributed by atoms with Crippen molar-refractivity contribution in [1.82, 2.24) is 15.5 Å². The van der Waals surface area contributed by atoms with Gasteiger partial charge in [0.25, 0.3) is 0 Å². The van der Waals surface area contributed by atoms with Crippen LogP contribution >= 0.6 is 12.2 Å². The molecule has 1 atom stereocenters. The number of nitrogens with zero attached hydrogens (tertiary/aromatic N) is 1. The molecule has 2 rings (SSSR count). The van der Waals surface area contributed by atoms with E-state index in [1.165, 1.54) is 0 Å². The first-order chi connectivity index (χ1) is 12.4. The fraction of sp³-hybridized carbons (Fsp3) is 0.389. The Balaban J connectivity index is 2.39. The van der Waals surface area contributed by atoms with Crippen LogP contribution in [0.1, 0.15) is 32.4 Å².